The van der Waals surface area contributed by atoms with Crippen molar-refractivity contribution in [2.75, 3.05) is 7.11 Å². The van der Waals surface area contributed by atoms with Crippen molar-refractivity contribution in [3.8, 4) is 6.07 Å². The Morgan fingerprint density at radius 2 is 1.44 bits per heavy atom. The van der Waals surface area contributed by atoms with Gasteiger partial charge < -0.3 is 4.74 Å². The third-order valence-corrected chi connectivity index (χ3v) is 5.07. The van der Waals surface area contributed by atoms with Gasteiger partial charge in [-0.2, -0.15) is 5.26 Å². The molecule has 0 aromatic heterocycles. The van der Waals surface area contributed by atoms with E-state index >= 15 is 0 Å². The van der Waals surface area contributed by atoms with Gasteiger partial charge in [-0.3, -0.25) is 9.59 Å². The van der Waals surface area contributed by atoms with Crippen molar-refractivity contribution in [2.45, 2.75) is 24.7 Å². The largest absolute Gasteiger partial charge is 0.468 e. The average Bonchev–Trinajstić information content (AvgIpc) is 2.68. The van der Waals surface area contributed by atoms with Gasteiger partial charge in [0.2, 0.25) is 0 Å². The highest BCUT2D eigenvalue weighted by molar-refractivity contribution is 5.90. The van der Waals surface area contributed by atoms with Gasteiger partial charge in [-0.15, -0.1) is 0 Å². The molecule has 4 heteroatoms. The summed E-state index contributed by atoms with van der Waals surface area (Å²) >= 11 is 0. The summed E-state index contributed by atoms with van der Waals surface area (Å²) in [7, 11) is 1.29. The molecular formula is C21H19NO3. The highest BCUT2D eigenvalue weighted by Gasteiger charge is 2.58. The first kappa shape index (κ1) is 16.9. The molecule has 4 nitrogen and oxygen atoms in total. The summed E-state index contributed by atoms with van der Waals surface area (Å²) in [5.74, 6) is -1.59. The van der Waals surface area contributed by atoms with Crippen molar-refractivity contribution in [1.82, 2.24) is 0 Å². The van der Waals surface area contributed by atoms with Crippen LogP contribution in [0, 0.1) is 16.7 Å². The number of methoxy groups -OCH3 is 1. The molecule has 2 aromatic rings. The molecule has 126 valence electrons. The van der Waals surface area contributed by atoms with Crippen LogP contribution in [0.5, 0.6) is 0 Å². The number of hydrogen-bond donors (Lipinski definition) is 0. The number of esters is 1. The van der Waals surface area contributed by atoms with E-state index < -0.39 is 23.2 Å². The molecule has 0 saturated heterocycles. The number of hydrogen-bond acceptors (Lipinski definition) is 4. The number of nitrogens with zero attached hydrogens (tertiary/aromatic N) is 1. The highest BCUT2D eigenvalue weighted by Crippen LogP contribution is 2.54. The molecule has 1 aliphatic rings. The van der Waals surface area contributed by atoms with Crippen molar-refractivity contribution in [3.63, 3.8) is 0 Å². The van der Waals surface area contributed by atoms with Gasteiger partial charge in [0.25, 0.3) is 0 Å². The molecule has 0 heterocycles. The fourth-order valence-electron chi connectivity index (χ4n) is 3.89. The minimum Gasteiger partial charge on any atom is -0.468 e. The van der Waals surface area contributed by atoms with Crippen LogP contribution in [-0.2, 0) is 14.3 Å². The molecule has 3 atom stereocenters. The number of benzene rings is 2. The van der Waals surface area contributed by atoms with Gasteiger partial charge in [0.15, 0.2) is 5.41 Å². The SMILES string of the molecule is COC(=O)C1(C#N)[C@@H](c2ccccc2)CC(=O)C[C@H]1c1ccccc1. The van der Waals surface area contributed by atoms with E-state index in [-0.39, 0.29) is 18.6 Å². The van der Waals surface area contributed by atoms with E-state index in [1.807, 2.05) is 60.7 Å². The third-order valence-electron chi connectivity index (χ3n) is 5.07. The van der Waals surface area contributed by atoms with E-state index in [4.69, 9.17) is 4.74 Å². The Balaban J connectivity index is 2.21. The van der Waals surface area contributed by atoms with Crippen LogP contribution < -0.4 is 0 Å². The van der Waals surface area contributed by atoms with Crippen molar-refractivity contribution in [3.05, 3.63) is 71.8 Å². The quantitative estimate of drug-likeness (QED) is 0.805. The number of carbonyl (C=O) groups excluding carboxylic acids is 2. The number of nitriles is 1. The number of ether oxygens (including phenoxy) is 1. The van der Waals surface area contributed by atoms with Crippen LogP contribution in [0.2, 0.25) is 0 Å². The van der Waals surface area contributed by atoms with Crippen LogP contribution in [0.3, 0.4) is 0 Å². The highest BCUT2D eigenvalue weighted by atomic mass is 16.5. The Hall–Kier alpha value is -2.93. The van der Waals surface area contributed by atoms with Gasteiger partial charge >= 0.3 is 5.97 Å². The molecule has 1 fully saturated rings. The maximum Gasteiger partial charge on any atom is 0.327 e. The monoisotopic (exact) mass is 333 g/mol. The second kappa shape index (κ2) is 6.90. The lowest BCUT2D eigenvalue weighted by atomic mass is 9.56. The molecule has 3 rings (SSSR count). The van der Waals surface area contributed by atoms with Gasteiger partial charge in [0, 0.05) is 24.7 Å². The molecule has 1 aliphatic carbocycles. The van der Waals surface area contributed by atoms with E-state index in [0.29, 0.717) is 0 Å². The van der Waals surface area contributed by atoms with Crippen molar-refractivity contribution in [2.24, 2.45) is 5.41 Å². The summed E-state index contributed by atoms with van der Waals surface area (Å²) in [5, 5.41) is 10.1. The maximum atomic E-state index is 12.8. The van der Waals surface area contributed by atoms with Crippen molar-refractivity contribution >= 4 is 11.8 Å². The number of rotatable bonds is 3. The van der Waals surface area contributed by atoms with E-state index in [0.717, 1.165) is 11.1 Å². The zero-order chi connectivity index (χ0) is 17.9. The minimum absolute atomic E-state index is 0.0532. The Morgan fingerprint density at radius 3 is 1.80 bits per heavy atom. The zero-order valence-corrected chi connectivity index (χ0v) is 14.0. The second-order valence-electron chi connectivity index (χ2n) is 6.35. The molecule has 0 amide bonds. The van der Waals surface area contributed by atoms with Crippen LogP contribution in [0.15, 0.2) is 60.7 Å². The van der Waals surface area contributed by atoms with Crippen LogP contribution in [0.1, 0.15) is 35.8 Å². The molecule has 0 radical (unpaired) electrons. The van der Waals surface area contributed by atoms with Crippen LogP contribution in [0.4, 0.5) is 0 Å². The number of carbonyl (C=O) groups is 2. The fraction of sp³-hybridized carbons (Fsp3) is 0.286. The number of Topliss-reactive ketones (excluding diaryl/α,β-unsaturated/α-hetero) is 1. The number of ketones is 1. The van der Waals surface area contributed by atoms with Gasteiger partial charge in [0.1, 0.15) is 5.78 Å². The normalized spacial score (nSPS) is 25.8. The predicted octanol–water partition coefficient (Wildman–Crippen LogP) is 3.60. The van der Waals surface area contributed by atoms with Gasteiger partial charge in [0.05, 0.1) is 13.2 Å². The van der Waals surface area contributed by atoms with Crippen LogP contribution in [-0.4, -0.2) is 18.9 Å². The molecule has 1 saturated carbocycles. The third kappa shape index (κ3) is 2.83. The van der Waals surface area contributed by atoms with E-state index in [2.05, 4.69) is 6.07 Å². The smallest absolute Gasteiger partial charge is 0.327 e. The topological polar surface area (TPSA) is 67.2 Å². The first-order chi connectivity index (χ1) is 12.1. The summed E-state index contributed by atoms with van der Waals surface area (Å²) in [4.78, 5) is 25.3. The lowest BCUT2D eigenvalue weighted by Crippen LogP contribution is -2.47. The molecule has 0 aliphatic heterocycles. The molecular weight excluding hydrogens is 314 g/mol. The van der Waals surface area contributed by atoms with E-state index in [1.165, 1.54) is 7.11 Å². The summed E-state index contributed by atoms with van der Waals surface area (Å²) in [5.41, 5.74) is 0.192. The Labute approximate surface area is 147 Å². The van der Waals surface area contributed by atoms with Gasteiger partial charge in [-0.1, -0.05) is 60.7 Å². The van der Waals surface area contributed by atoms with Crippen molar-refractivity contribution < 1.29 is 14.3 Å². The summed E-state index contributed by atoms with van der Waals surface area (Å²) < 4.78 is 5.05. The van der Waals surface area contributed by atoms with Gasteiger partial charge in [-0.05, 0) is 11.1 Å². The molecule has 2 aromatic carbocycles. The maximum absolute atomic E-state index is 12.8. The Kier molecular flexibility index (Phi) is 4.67. The van der Waals surface area contributed by atoms with Crippen molar-refractivity contribution in [1.29, 1.82) is 5.26 Å². The lowest BCUT2D eigenvalue weighted by Gasteiger charge is -2.42. The fourth-order valence-corrected chi connectivity index (χ4v) is 3.89. The first-order valence-corrected chi connectivity index (χ1v) is 8.24. The summed E-state index contributed by atoms with van der Waals surface area (Å²) in [6.45, 7) is 0. The molecule has 0 spiro atoms. The standard InChI is InChI=1S/C21H19NO3/c1-25-20(24)21(14-22)18(15-8-4-2-5-9-15)12-17(23)13-19(21)16-10-6-3-7-11-16/h2-11,18-19H,12-13H2,1H3/t18-,19+,21?. The van der Waals surface area contributed by atoms with Crippen LogP contribution in [0.25, 0.3) is 0 Å². The van der Waals surface area contributed by atoms with E-state index in [1.54, 1.807) is 0 Å². The summed E-state index contributed by atoms with van der Waals surface area (Å²) in [6.07, 6.45) is 0.325. The molecule has 0 bridgehead atoms. The molecule has 1 unspecified atom stereocenters. The Bertz CT molecular complexity index is 757. The Morgan fingerprint density at radius 1 is 1.00 bits per heavy atom. The average molecular weight is 333 g/mol. The van der Waals surface area contributed by atoms with Gasteiger partial charge in [-0.25, -0.2) is 0 Å². The zero-order valence-electron chi connectivity index (χ0n) is 14.0. The molecule has 25 heavy (non-hydrogen) atoms. The van der Waals surface area contributed by atoms with Crippen LogP contribution >= 0.6 is 0 Å². The first-order valence-electron chi connectivity index (χ1n) is 8.24. The summed E-state index contributed by atoms with van der Waals surface area (Å²) in [6, 6.07) is 20.9. The molecule has 0 N–H and O–H groups in total. The second-order valence-corrected chi connectivity index (χ2v) is 6.35. The van der Waals surface area contributed by atoms with E-state index in [9.17, 15) is 14.9 Å². The lowest BCUT2D eigenvalue weighted by molar-refractivity contribution is -0.154. The predicted molar refractivity (Wildman–Crippen MR) is 92.7 cm³/mol. The minimum atomic E-state index is -1.43.